The number of nitrogens with two attached hydrogens (primary N) is 1. The number of imidazole rings is 1. The number of hydrogen-bond donors (Lipinski definition) is 2. The molecule has 13 heteroatoms. The maximum Gasteiger partial charge on any atom is 0.236 e. The summed E-state index contributed by atoms with van der Waals surface area (Å²) >= 11 is 0. The van der Waals surface area contributed by atoms with Crippen LogP contribution in [0.25, 0.3) is 34.1 Å². The van der Waals surface area contributed by atoms with Crippen molar-refractivity contribution in [2.75, 3.05) is 23.7 Å². The molecule has 45 heavy (non-hydrogen) atoms. The van der Waals surface area contributed by atoms with E-state index in [4.69, 9.17) is 21.0 Å². The Morgan fingerprint density at radius 3 is 2.67 bits per heavy atom. The first-order valence-electron chi connectivity index (χ1n) is 15.0. The number of piperidine rings is 1. The van der Waals surface area contributed by atoms with Crippen molar-refractivity contribution in [3.8, 4) is 29.0 Å². The molecule has 0 saturated carbocycles. The highest BCUT2D eigenvalue weighted by atomic mass is 15.3. The van der Waals surface area contributed by atoms with E-state index in [1.807, 2.05) is 42.6 Å². The first kappa shape index (κ1) is 26.9. The summed E-state index contributed by atoms with van der Waals surface area (Å²) in [6.07, 6.45) is 10.7. The SMILES string of the molecule is N#Cc1ncnc(N2CCC(N[C@H]3CCc4cc(-n5c(-c6cccnc6N)nc6ccc(-n7cccn7)nc65)ccc43)CC2)n1. The third-order valence-corrected chi connectivity index (χ3v) is 8.64. The van der Waals surface area contributed by atoms with Crippen molar-refractivity contribution >= 4 is 22.9 Å². The quantitative estimate of drug-likeness (QED) is 0.289. The Balaban J connectivity index is 1.08. The molecule has 0 spiro atoms. The summed E-state index contributed by atoms with van der Waals surface area (Å²) in [6, 6.07) is 18.9. The lowest BCUT2D eigenvalue weighted by molar-refractivity contribution is 0.366. The highest BCUT2D eigenvalue weighted by molar-refractivity contribution is 5.83. The van der Waals surface area contributed by atoms with Crippen molar-refractivity contribution < 1.29 is 0 Å². The van der Waals surface area contributed by atoms with Gasteiger partial charge in [0.2, 0.25) is 11.8 Å². The van der Waals surface area contributed by atoms with Crippen molar-refractivity contribution in [2.24, 2.45) is 0 Å². The number of nitrogens with one attached hydrogen (secondary N) is 1. The van der Waals surface area contributed by atoms with Gasteiger partial charge in [0.1, 0.15) is 23.7 Å². The number of benzene rings is 1. The summed E-state index contributed by atoms with van der Waals surface area (Å²) in [7, 11) is 0. The molecule has 0 amide bonds. The Kier molecular flexibility index (Phi) is 6.61. The summed E-state index contributed by atoms with van der Waals surface area (Å²) in [6.45, 7) is 1.65. The zero-order valence-corrected chi connectivity index (χ0v) is 24.3. The molecule has 1 atom stereocenters. The Hall–Kier alpha value is -5.74. The van der Waals surface area contributed by atoms with Gasteiger partial charge >= 0.3 is 0 Å². The number of rotatable bonds is 6. The van der Waals surface area contributed by atoms with Crippen LogP contribution in [0.4, 0.5) is 11.8 Å². The molecule has 8 rings (SSSR count). The molecule has 3 N–H and O–H groups in total. The molecule has 1 saturated heterocycles. The largest absolute Gasteiger partial charge is 0.383 e. The molecule has 222 valence electrons. The number of pyridine rings is 2. The second-order valence-electron chi connectivity index (χ2n) is 11.3. The predicted octanol–water partition coefficient (Wildman–Crippen LogP) is 3.55. The van der Waals surface area contributed by atoms with Gasteiger partial charge in [0, 0.05) is 49.5 Å². The van der Waals surface area contributed by atoms with E-state index in [0.717, 1.165) is 61.2 Å². The van der Waals surface area contributed by atoms with Crippen LogP contribution in [0.2, 0.25) is 0 Å². The summed E-state index contributed by atoms with van der Waals surface area (Å²) in [5, 5.41) is 17.4. The first-order chi connectivity index (χ1) is 22.1. The Morgan fingerprint density at radius 2 is 1.84 bits per heavy atom. The van der Waals surface area contributed by atoms with Crippen LogP contribution in [0.3, 0.4) is 0 Å². The van der Waals surface area contributed by atoms with Crippen LogP contribution in [0.5, 0.6) is 0 Å². The molecule has 1 aliphatic carbocycles. The molecule has 2 aliphatic rings. The maximum atomic E-state index is 9.13. The molecule has 1 fully saturated rings. The van der Waals surface area contributed by atoms with E-state index in [9.17, 15) is 0 Å². The van der Waals surface area contributed by atoms with Gasteiger partial charge < -0.3 is 16.0 Å². The Bertz CT molecular complexity index is 2050. The molecular formula is C32H29N13. The minimum absolute atomic E-state index is 0.149. The van der Waals surface area contributed by atoms with Crippen LogP contribution in [0, 0.1) is 11.3 Å². The molecule has 0 unspecified atom stereocenters. The van der Waals surface area contributed by atoms with E-state index in [-0.39, 0.29) is 11.9 Å². The lowest BCUT2D eigenvalue weighted by Gasteiger charge is -2.34. The first-order valence-corrected chi connectivity index (χ1v) is 15.0. The van der Waals surface area contributed by atoms with E-state index >= 15 is 0 Å². The molecular weight excluding hydrogens is 566 g/mol. The topological polar surface area (TPSA) is 165 Å². The fraction of sp³-hybridized carbons (Fsp3) is 0.250. The Morgan fingerprint density at radius 1 is 0.933 bits per heavy atom. The van der Waals surface area contributed by atoms with Crippen LogP contribution in [0.1, 0.15) is 42.3 Å². The highest BCUT2D eigenvalue weighted by Gasteiger charge is 2.29. The van der Waals surface area contributed by atoms with Gasteiger partial charge in [0.25, 0.3) is 0 Å². The number of nitriles is 1. The zero-order valence-electron chi connectivity index (χ0n) is 24.3. The molecule has 0 radical (unpaired) electrons. The highest BCUT2D eigenvalue weighted by Crippen LogP contribution is 2.36. The second-order valence-corrected chi connectivity index (χ2v) is 11.3. The number of fused-ring (bicyclic) bond motifs is 2. The smallest absolute Gasteiger partial charge is 0.236 e. The minimum atomic E-state index is 0.149. The van der Waals surface area contributed by atoms with Gasteiger partial charge in [-0.25, -0.2) is 29.6 Å². The number of anilines is 2. The third-order valence-electron chi connectivity index (χ3n) is 8.64. The van der Waals surface area contributed by atoms with Crippen molar-refractivity contribution in [2.45, 2.75) is 37.8 Å². The fourth-order valence-electron chi connectivity index (χ4n) is 6.45. The summed E-state index contributed by atoms with van der Waals surface area (Å²) < 4.78 is 3.82. The average Bonchev–Trinajstić information content (AvgIpc) is 3.84. The van der Waals surface area contributed by atoms with Gasteiger partial charge in [-0.05, 0) is 79.3 Å². The third kappa shape index (κ3) is 4.91. The van der Waals surface area contributed by atoms with E-state index < -0.39 is 0 Å². The Labute approximate surface area is 258 Å². The minimum Gasteiger partial charge on any atom is -0.383 e. The van der Waals surface area contributed by atoms with Crippen LogP contribution in [-0.4, -0.2) is 63.4 Å². The van der Waals surface area contributed by atoms with Gasteiger partial charge in [-0.2, -0.15) is 15.3 Å². The van der Waals surface area contributed by atoms with E-state index in [1.165, 1.54) is 17.5 Å². The molecule has 13 nitrogen and oxygen atoms in total. The van der Waals surface area contributed by atoms with Crippen LogP contribution in [-0.2, 0) is 6.42 Å². The van der Waals surface area contributed by atoms with Gasteiger partial charge in [-0.15, -0.1) is 0 Å². The molecule has 0 bridgehead atoms. The molecule has 1 aromatic carbocycles. The summed E-state index contributed by atoms with van der Waals surface area (Å²) in [5.74, 6) is 2.54. The van der Waals surface area contributed by atoms with E-state index in [1.54, 1.807) is 17.1 Å². The molecule has 1 aliphatic heterocycles. The molecule has 6 heterocycles. The standard InChI is InChI=1S/C32H29N13/c33-18-27-36-19-37-32(41-27)43-15-10-21(11-16-43)39-25-7-4-20-17-22(5-6-23(20)25)45-30(24-3-1-12-35-29(24)34)40-26-8-9-28(42-31(26)45)44-14-2-13-38-44/h1-3,5-6,8-9,12-14,17,19,21,25,39H,4,7,10-11,15-16H2,(H2,34,35)/t25-/m0/s1. The maximum absolute atomic E-state index is 9.13. The number of hydrogen-bond acceptors (Lipinski definition) is 11. The summed E-state index contributed by atoms with van der Waals surface area (Å²) in [4.78, 5) is 28.8. The lowest BCUT2D eigenvalue weighted by atomic mass is 10.0. The fourth-order valence-corrected chi connectivity index (χ4v) is 6.45. The average molecular weight is 596 g/mol. The van der Waals surface area contributed by atoms with E-state index in [0.29, 0.717) is 29.5 Å². The van der Waals surface area contributed by atoms with Gasteiger partial charge in [-0.3, -0.25) is 4.57 Å². The van der Waals surface area contributed by atoms with Crippen molar-refractivity contribution in [1.82, 2.24) is 49.6 Å². The van der Waals surface area contributed by atoms with Crippen molar-refractivity contribution in [3.05, 3.63) is 90.4 Å². The van der Waals surface area contributed by atoms with E-state index in [2.05, 4.69) is 58.0 Å². The van der Waals surface area contributed by atoms with Crippen LogP contribution in [0.15, 0.2) is 73.4 Å². The normalized spacial score (nSPS) is 16.6. The van der Waals surface area contributed by atoms with Gasteiger partial charge in [0.15, 0.2) is 17.3 Å². The predicted molar refractivity (Wildman–Crippen MR) is 168 cm³/mol. The van der Waals surface area contributed by atoms with Crippen molar-refractivity contribution in [1.29, 1.82) is 5.26 Å². The van der Waals surface area contributed by atoms with Crippen LogP contribution >= 0.6 is 0 Å². The van der Waals surface area contributed by atoms with Gasteiger partial charge in [0.05, 0.1) is 5.56 Å². The molecule has 5 aromatic heterocycles. The number of aromatic nitrogens is 9. The second kappa shape index (κ2) is 11.1. The summed E-state index contributed by atoms with van der Waals surface area (Å²) in [5.41, 5.74) is 12.2. The zero-order chi connectivity index (χ0) is 30.3. The number of nitrogen functional groups attached to an aromatic ring is 1. The molecule has 6 aromatic rings. The monoisotopic (exact) mass is 595 g/mol. The number of aryl methyl sites for hydroxylation is 1. The van der Waals surface area contributed by atoms with Gasteiger partial charge in [-0.1, -0.05) is 6.07 Å². The number of nitrogens with zero attached hydrogens (tertiary/aromatic N) is 11. The van der Waals surface area contributed by atoms with Crippen LogP contribution < -0.4 is 16.0 Å². The lowest BCUT2D eigenvalue weighted by Crippen LogP contribution is -2.44. The van der Waals surface area contributed by atoms with Crippen molar-refractivity contribution in [3.63, 3.8) is 0 Å².